The summed E-state index contributed by atoms with van der Waals surface area (Å²) in [5, 5.41) is 6.96. The minimum absolute atomic E-state index is 0.146. The molecule has 0 radical (unpaired) electrons. The Morgan fingerprint density at radius 1 is 0.854 bits per heavy atom. The molecule has 0 unspecified atom stereocenters. The van der Waals surface area contributed by atoms with Gasteiger partial charge in [-0.1, -0.05) is 105 Å². The van der Waals surface area contributed by atoms with Crippen LogP contribution in [0.25, 0.3) is 0 Å². The largest absolute Gasteiger partial charge is 0.457 e. The van der Waals surface area contributed by atoms with Crippen LogP contribution in [0.4, 0.5) is 0 Å². The first-order chi connectivity index (χ1) is 20.1. The van der Waals surface area contributed by atoms with Gasteiger partial charge in [0.25, 0.3) is 5.91 Å². The van der Waals surface area contributed by atoms with Crippen LogP contribution in [0.3, 0.4) is 0 Å². The summed E-state index contributed by atoms with van der Waals surface area (Å²) in [6.45, 7) is 3.07. The number of piperidine rings is 1. The monoisotopic (exact) mass is 569 g/mol. The highest BCUT2D eigenvalue weighted by Crippen LogP contribution is 2.29. The summed E-state index contributed by atoms with van der Waals surface area (Å²) in [6, 6.07) is 27.8. The number of ether oxygens (including phenoxy) is 1. The van der Waals surface area contributed by atoms with Gasteiger partial charge < -0.3 is 15.4 Å². The van der Waals surface area contributed by atoms with Gasteiger partial charge in [0.1, 0.15) is 11.5 Å². The molecular formula is C35H43N3O2S. The number of nitrogens with one attached hydrogen (secondary N) is 2. The topological polar surface area (TPSA) is 53.6 Å². The summed E-state index contributed by atoms with van der Waals surface area (Å²) in [5.41, 5.74) is 1.88. The SMILES string of the molecule is O=C(N[C@H](CCC1CCCCC1)C(=S)NC1CCN(Cc2ccccc2)CC1)c1ccccc1Oc1ccccc1. The van der Waals surface area contributed by atoms with Gasteiger partial charge in [0.05, 0.1) is 16.6 Å². The van der Waals surface area contributed by atoms with Gasteiger partial charge >= 0.3 is 0 Å². The van der Waals surface area contributed by atoms with E-state index < -0.39 is 0 Å². The van der Waals surface area contributed by atoms with Crippen LogP contribution in [0.15, 0.2) is 84.9 Å². The lowest BCUT2D eigenvalue weighted by molar-refractivity contribution is 0.0941. The van der Waals surface area contributed by atoms with E-state index in [2.05, 4.69) is 45.9 Å². The predicted molar refractivity (Wildman–Crippen MR) is 170 cm³/mol. The van der Waals surface area contributed by atoms with Crippen molar-refractivity contribution in [2.45, 2.75) is 76.4 Å². The second kappa shape index (κ2) is 15.1. The Hall–Kier alpha value is -3.22. The molecule has 1 amide bonds. The lowest BCUT2D eigenvalue weighted by Gasteiger charge is -2.34. The van der Waals surface area contributed by atoms with Crippen molar-refractivity contribution in [1.29, 1.82) is 0 Å². The van der Waals surface area contributed by atoms with E-state index in [1.807, 2.05) is 54.6 Å². The third-order valence-corrected chi connectivity index (χ3v) is 8.90. The Morgan fingerprint density at radius 2 is 1.51 bits per heavy atom. The Kier molecular flexibility index (Phi) is 10.8. The molecule has 1 aliphatic carbocycles. The molecule has 2 aliphatic rings. The minimum atomic E-state index is -0.202. The summed E-state index contributed by atoms with van der Waals surface area (Å²) in [5.74, 6) is 1.83. The molecule has 0 aromatic heterocycles. The molecule has 5 rings (SSSR count). The summed E-state index contributed by atoms with van der Waals surface area (Å²) < 4.78 is 6.09. The van der Waals surface area contributed by atoms with Gasteiger partial charge in [-0.15, -0.1) is 0 Å². The van der Waals surface area contributed by atoms with E-state index >= 15 is 0 Å². The van der Waals surface area contributed by atoms with Gasteiger partial charge in [0, 0.05) is 25.7 Å². The van der Waals surface area contributed by atoms with E-state index in [0.717, 1.165) is 56.2 Å². The maximum atomic E-state index is 13.6. The molecule has 3 aromatic carbocycles. The fourth-order valence-electron chi connectivity index (χ4n) is 6.12. The fourth-order valence-corrected chi connectivity index (χ4v) is 6.46. The van der Waals surface area contributed by atoms with Crippen LogP contribution < -0.4 is 15.4 Å². The first-order valence-corrected chi connectivity index (χ1v) is 15.7. The quantitative estimate of drug-likeness (QED) is 0.234. The van der Waals surface area contributed by atoms with E-state index in [1.165, 1.54) is 37.7 Å². The average Bonchev–Trinajstić information content (AvgIpc) is 3.02. The second-order valence-corrected chi connectivity index (χ2v) is 12.0. The fraction of sp³-hybridized carbons (Fsp3) is 0.429. The molecule has 3 aromatic rings. The maximum absolute atomic E-state index is 13.6. The number of hydrogen-bond donors (Lipinski definition) is 2. The highest BCUT2D eigenvalue weighted by Gasteiger charge is 2.26. The molecule has 1 atom stereocenters. The molecule has 2 fully saturated rings. The zero-order valence-corrected chi connectivity index (χ0v) is 24.8. The van der Waals surface area contributed by atoms with Crippen molar-refractivity contribution in [2.75, 3.05) is 13.1 Å². The van der Waals surface area contributed by atoms with Gasteiger partial charge in [-0.2, -0.15) is 0 Å². The van der Waals surface area contributed by atoms with Gasteiger partial charge in [0.15, 0.2) is 0 Å². The average molecular weight is 570 g/mol. The zero-order chi connectivity index (χ0) is 28.3. The molecule has 216 valence electrons. The van der Waals surface area contributed by atoms with Gasteiger partial charge in [-0.3, -0.25) is 9.69 Å². The van der Waals surface area contributed by atoms with E-state index in [-0.39, 0.29) is 11.9 Å². The summed E-state index contributed by atoms with van der Waals surface area (Å²) in [4.78, 5) is 16.9. The smallest absolute Gasteiger partial charge is 0.255 e. The number of thiocarbonyl (C=S) groups is 1. The number of carbonyl (C=O) groups is 1. The number of carbonyl (C=O) groups excluding carboxylic acids is 1. The van der Waals surface area contributed by atoms with E-state index in [0.29, 0.717) is 23.1 Å². The maximum Gasteiger partial charge on any atom is 0.255 e. The number of hydrogen-bond acceptors (Lipinski definition) is 4. The van der Waals surface area contributed by atoms with Crippen molar-refractivity contribution in [1.82, 2.24) is 15.5 Å². The van der Waals surface area contributed by atoms with Crippen molar-refractivity contribution in [3.8, 4) is 11.5 Å². The van der Waals surface area contributed by atoms with Crippen molar-refractivity contribution in [3.63, 3.8) is 0 Å². The molecule has 6 heteroatoms. The van der Waals surface area contributed by atoms with Crippen LogP contribution in [0, 0.1) is 5.92 Å². The molecular weight excluding hydrogens is 526 g/mol. The second-order valence-electron chi connectivity index (χ2n) is 11.6. The first-order valence-electron chi connectivity index (χ1n) is 15.3. The zero-order valence-electron chi connectivity index (χ0n) is 24.0. The Balaban J connectivity index is 1.21. The number of nitrogens with zero attached hydrogens (tertiary/aromatic N) is 1. The Morgan fingerprint density at radius 3 is 2.24 bits per heavy atom. The third kappa shape index (κ3) is 8.88. The summed E-state index contributed by atoms with van der Waals surface area (Å²) in [7, 11) is 0. The number of likely N-dealkylation sites (tertiary alicyclic amines) is 1. The van der Waals surface area contributed by atoms with E-state index in [4.69, 9.17) is 17.0 Å². The lowest BCUT2D eigenvalue weighted by Crippen LogP contribution is -2.51. The van der Waals surface area contributed by atoms with Crippen molar-refractivity contribution in [3.05, 3.63) is 96.1 Å². The molecule has 1 aliphatic heterocycles. The Labute approximate surface area is 250 Å². The molecule has 5 nitrogen and oxygen atoms in total. The first kappa shape index (κ1) is 29.3. The van der Waals surface area contributed by atoms with E-state index in [9.17, 15) is 4.79 Å². The summed E-state index contributed by atoms with van der Waals surface area (Å²) >= 11 is 5.99. The van der Waals surface area contributed by atoms with Crippen LogP contribution in [0.5, 0.6) is 11.5 Å². The molecule has 1 heterocycles. The van der Waals surface area contributed by atoms with Crippen LogP contribution in [-0.2, 0) is 6.54 Å². The number of benzene rings is 3. The predicted octanol–water partition coefficient (Wildman–Crippen LogP) is 7.52. The highest BCUT2D eigenvalue weighted by atomic mass is 32.1. The van der Waals surface area contributed by atoms with Crippen LogP contribution in [0.2, 0.25) is 0 Å². The van der Waals surface area contributed by atoms with Crippen molar-refractivity contribution >= 4 is 23.1 Å². The highest BCUT2D eigenvalue weighted by molar-refractivity contribution is 7.80. The van der Waals surface area contributed by atoms with Gasteiger partial charge in [0.2, 0.25) is 0 Å². The summed E-state index contributed by atoms with van der Waals surface area (Å²) in [6.07, 6.45) is 10.6. The third-order valence-electron chi connectivity index (χ3n) is 8.50. The number of amides is 1. The van der Waals surface area contributed by atoms with Gasteiger partial charge in [-0.25, -0.2) is 0 Å². The molecule has 1 saturated carbocycles. The molecule has 0 spiro atoms. The van der Waals surface area contributed by atoms with Crippen molar-refractivity contribution in [2.24, 2.45) is 5.92 Å². The van der Waals surface area contributed by atoms with Crippen LogP contribution >= 0.6 is 12.2 Å². The number of para-hydroxylation sites is 2. The van der Waals surface area contributed by atoms with Gasteiger partial charge in [-0.05, 0) is 61.4 Å². The minimum Gasteiger partial charge on any atom is -0.457 e. The standard InChI is InChI=1S/C35H43N3O2S/c39-34(31-18-10-11-19-33(31)40-30-16-8-3-9-17-30)37-32(21-20-27-12-4-1-5-13-27)35(41)36-29-22-24-38(25-23-29)26-28-14-6-2-7-15-28/h2-3,6-11,14-19,27,29,32H,1,4-5,12-13,20-26H2,(H,36,41)(H,37,39)/t32-/m1/s1. The normalized spacial score (nSPS) is 17.5. The van der Waals surface area contributed by atoms with Crippen LogP contribution in [-0.4, -0.2) is 41.0 Å². The molecule has 0 bridgehead atoms. The van der Waals surface area contributed by atoms with Crippen LogP contribution in [0.1, 0.15) is 73.7 Å². The molecule has 2 N–H and O–H groups in total. The van der Waals surface area contributed by atoms with E-state index in [1.54, 1.807) is 0 Å². The molecule has 41 heavy (non-hydrogen) atoms. The number of rotatable bonds is 11. The molecule has 1 saturated heterocycles. The van der Waals surface area contributed by atoms with Crippen molar-refractivity contribution < 1.29 is 9.53 Å². The Bertz CT molecular complexity index is 1240. The lowest BCUT2D eigenvalue weighted by atomic mass is 9.85.